The molecular weight excluding hydrogens is 380 g/mol. The van der Waals surface area contributed by atoms with Crippen LogP contribution in [-0.2, 0) is 9.59 Å². The molecule has 0 spiro atoms. The van der Waals surface area contributed by atoms with E-state index in [9.17, 15) is 14.4 Å². The topological polar surface area (TPSA) is 76.1 Å². The molecule has 0 aliphatic carbocycles. The average Bonchev–Trinajstić information content (AvgIpc) is 3.23. The first-order chi connectivity index (χ1) is 12.9. The van der Waals surface area contributed by atoms with Crippen LogP contribution in [0.15, 0.2) is 30.3 Å². The number of anilines is 1. The minimum absolute atomic E-state index is 0.0179. The second kappa shape index (κ2) is 8.54. The van der Waals surface area contributed by atoms with Crippen molar-refractivity contribution in [3.05, 3.63) is 45.6 Å². The average molecular weight is 401 g/mol. The number of rotatable bonds is 8. The summed E-state index contributed by atoms with van der Waals surface area (Å²) in [6.45, 7) is 3.95. The number of nitrogens with zero attached hydrogens (tertiary/aromatic N) is 1. The minimum atomic E-state index is -0.237. The number of aromatic nitrogens is 1. The van der Waals surface area contributed by atoms with Crippen LogP contribution in [0.4, 0.5) is 5.13 Å². The number of hydrogen-bond donors (Lipinski definition) is 1. The number of nitrogens with one attached hydrogen (secondary N) is 1. The summed E-state index contributed by atoms with van der Waals surface area (Å²) in [5, 5.41) is 3.29. The molecule has 2 aromatic heterocycles. The summed E-state index contributed by atoms with van der Waals surface area (Å²) < 4.78 is 1.02. The van der Waals surface area contributed by atoms with Gasteiger partial charge in [0.1, 0.15) is 5.78 Å². The van der Waals surface area contributed by atoms with Gasteiger partial charge in [0.15, 0.2) is 10.9 Å². The van der Waals surface area contributed by atoms with Gasteiger partial charge in [-0.1, -0.05) is 17.4 Å². The zero-order chi connectivity index (χ0) is 19.4. The Balaban J connectivity index is 1.44. The number of thiazole rings is 1. The first kappa shape index (κ1) is 19.4. The fourth-order valence-electron chi connectivity index (χ4n) is 2.61. The molecule has 0 aliphatic rings. The van der Waals surface area contributed by atoms with E-state index in [0.717, 1.165) is 20.7 Å². The molecule has 0 saturated heterocycles. The summed E-state index contributed by atoms with van der Waals surface area (Å²) in [6, 6.07) is 9.61. The Morgan fingerprint density at radius 1 is 0.963 bits per heavy atom. The number of fused-ring (bicyclic) bond motifs is 1. The van der Waals surface area contributed by atoms with Crippen molar-refractivity contribution in [3.8, 4) is 0 Å². The molecule has 0 unspecified atom stereocenters. The number of ketones is 2. The maximum Gasteiger partial charge on any atom is 0.226 e. The third-order valence-corrected chi connectivity index (χ3v) is 6.04. The molecule has 0 fully saturated rings. The van der Waals surface area contributed by atoms with Gasteiger partial charge in [-0.05, 0) is 43.7 Å². The van der Waals surface area contributed by atoms with Crippen molar-refractivity contribution >= 4 is 55.5 Å². The van der Waals surface area contributed by atoms with Crippen LogP contribution in [0.25, 0.3) is 10.2 Å². The van der Waals surface area contributed by atoms with E-state index in [0.29, 0.717) is 10.0 Å². The van der Waals surface area contributed by atoms with Gasteiger partial charge >= 0.3 is 0 Å². The van der Waals surface area contributed by atoms with E-state index in [1.165, 1.54) is 22.7 Å². The molecule has 5 nitrogen and oxygen atoms in total. The van der Waals surface area contributed by atoms with Crippen LogP contribution in [0.2, 0.25) is 0 Å². The monoisotopic (exact) mass is 400 g/mol. The molecule has 0 bridgehead atoms. The molecule has 140 valence electrons. The summed E-state index contributed by atoms with van der Waals surface area (Å²) in [5.74, 6) is -0.332. The molecule has 1 N–H and O–H groups in total. The van der Waals surface area contributed by atoms with Gasteiger partial charge in [-0.3, -0.25) is 14.4 Å². The lowest BCUT2D eigenvalue weighted by Crippen LogP contribution is -2.13. The molecule has 0 atom stereocenters. The van der Waals surface area contributed by atoms with Crippen molar-refractivity contribution in [2.75, 3.05) is 5.32 Å². The van der Waals surface area contributed by atoms with Crippen molar-refractivity contribution in [2.24, 2.45) is 0 Å². The van der Waals surface area contributed by atoms with E-state index in [1.54, 1.807) is 6.07 Å². The van der Waals surface area contributed by atoms with Crippen LogP contribution in [0, 0.1) is 13.8 Å². The van der Waals surface area contributed by atoms with Gasteiger partial charge in [0.25, 0.3) is 0 Å². The number of amides is 1. The Morgan fingerprint density at radius 3 is 2.48 bits per heavy atom. The third-order valence-electron chi connectivity index (χ3n) is 4.07. The number of thiophene rings is 1. The Kier molecular flexibility index (Phi) is 6.13. The summed E-state index contributed by atoms with van der Waals surface area (Å²) in [4.78, 5) is 42.2. The van der Waals surface area contributed by atoms with Crippen molar-refractivity contribution in [1.82, 2.24) is 4.98 Å². The Morgan fingerprint density at radius 2 is 1.74 bits per heavy atom. The number of aryl methyl sites for hydroxylation is 2. The number of Topliss-reactive ketones (excluding diaryl/α,β-unsaturated/α-hetero) is 2. The molecule has 0 saturated carbocycles. The van der Waals surface area contributed by atoms with E-state index in [4.69, 9.17) is 0 Å². The van der Waals surface area contributed by atoms with Crippen molar-refractivity contribution in [3.63, 3.8) is 0 Å². The maximum absolute atomic E-state index is 12.1. The molecule has 1 aromatic carbocycles. The van der Waals surface area contributed by atoms with Gasteiger partial charge in [-0.25, -0.2) is 4.98 Å². The molecular formula is C20H20N2O3S2. The van der Waals surface area contributed by atoms with Gasteiger partial charge in [-0.2, -0.15) is 0 Å². The van der Waals surface area contributed by atoms with Crippen LogP contribution in [0.5, 0.6) is 0 Å². The normalized spacial score (nSPS) is 10.9. The third kappa shape index (κ3) is 5.30. The minimum Gasteiger partial charge on any atom is -0.302 e. The quantitative estimate of drug-likeness (QED) is 0.544. The van der Waals surface area contributed by atoms with Crippen LogP contribution < -0.4 is 5.32 Å². The highest BCUT2D eigenvalue weighted by Gasteiger charge is 2.13. The van der Waals surface area contributed by atoms with Crippen molar-refractivity contribution < 1.29 is 14.4 Å². The molecule has 3 aromatic rings. The zero-order valence-corrected chi connectivity index (χ0v) is 16.8. The van der Waals surface area contributed by atoms with Gasteiger partial charge in [-0.15, -0.1) is 11.3 Å². The highest BCUT2D eigenvalue weighted by Crippen LogP contribution is 2.26. The molecule has 3 rings (SSSR count). The maximum atomic E-state index is 12.1. The van der Waals surface area contributed by atoms with Crippen LogP contribution in [-0.4, -0.2) is 22.5 Å². The van der Waals surface area contributed by atoms with E-state index >= 15 is 0 Å². The summed E-state index contributed by atoms with van der Waals surface area (Å²) in [5.41, 5.74) is 1.99. The van der Waals surface area contributed by atoms with Crippen molar-refractivity contribution in [2.45, 2.75) is 39.5 Å². The van der Waals surface area contributed by atoms with Gasteiger partial charge < -0.3 is 5.32 Å². The largest absolute Gasteiger partial charge is 0.302 e. The lowest BCUT2D eigenvalue weighted by Gasteiger charge is -2.01. The Bertz CT molecular complexity index is 1000. The van der Waals surface area contributed by atoms with Crippen LogP contribution in [0.3, 0.4) is 0 Å². The van der Waals surface area contributed by atoms with Crippen LogP contribution in [0.1, 0.15) is 45.8 Å². The van der Waals surface area contributed by atoms with Crippen molar-refractivity contribution in [1.29, 1.82) is 0 Å². The van der Waals surface area contributed by atoms with E-state index in [1.807, 2.05) is 38.1 Å². The molecule has 27 heavy (non-hydrogen) atoms. The molecule has 1 amide bonds. The number of carbonyl (C=O) groups is 3. The Labute approximate surface area is 165 Å². The smallest absolute Gasteiger partial charge is 0.226 e. The molecule has 0 radical (unpaired) electrons. The standard InChI is InChI=1S/C20H20N2O3S2/c1-12-3-7-15-18(11-12)27-20(21-15)22-19(25)10-6-14(23)5-8-16(24)17-9-4-13(2)26-17/h3-4,7,9,11H,5-6,8,10H2,1-2H3,(H,21,22,25). The zero-order valence-electron chi connectivity index (χ0n) is 15.2. The molecule has 2 heterocycles. The second-order valence-electron chi connectivity index (χ2n) is 6.41. The van der Waals surface area contributed by atoms with Gasteiger partial charge in [0, 0.05) is 30.6 Å². The summed E-state index contributed by atoms with van der Waals surface area (Å²) >= 11 is 2.86. The summed E-state index contributed by atoms with van der Waals surface area (Å²) in [7, 11) is 0. The predicted octanol–water partition coefficient (Wildman–Crippen LogP) is 4.93. The van der Waals surface area contributed by atoms with Gasteiger partial charge in [0.2, 0.25) is 5.91 Å². The van der Waals surface area contributed by atoms with Gasteiger partial charge in [0.05, 0.1) is 15.1 Å². The van der Waals surface area contributed by atoms with E-state index in [2.05, 4.69) is 10.3 Å². The number of benzene rings is 1. The first-order valence-corrected chi connectivity index (χ1v) is 10.3. The van der Waals surface area contributed by atoms with E-state index < -0.39 is 0 Å². The predicted molar refractivity (Wildman–Crippen MR) is 110 cm³/mol. The second-order valence-corrected chi connectivity index (χ2v) is 8.73. The number of carbonyl (C=O) groups excluding carboxylic acids is 3. The molecule has 7 heteroatoms. The Hall–Kier alpha value is -2.38. The highest BCUT2D eigenvalue weighted by molar-refractivity contribution is 7.22. The summed E-state index contributed by atoms with van der Waals surface area (Å²) in [6.07, 6.45) is 0.591. The lowest BCUT2D eigenvalue weighted by molar-refractivity contribution is -0.122. The first-order valence-electron chi connectivity index (χ1n) is 8.69. The fraction of sp³-hybridized carbons (Fsp3) is 0.300. The number of hydrogen-bond acceptors (Lipinski definition) is 6. The highest BCUT2D eigenvalue weighted by atomic mass is 32.1. The SMILES string of the molecule is Cc1ccc2nc(NC(=O)CCC(=O)CCC(=O)c3ccc(C)s3)sc2c1. The van der Waals surface area contributed by atoms with E-state index in [-0.39, 0.29) is 43.2 Å². The lowest BCUT2D eigenvalue weighted by atomic mass is 10.1. The fourth-order valence-corrected chi connectivity index (χ4v) is 4.42. The molecule has 0 aliphatic heterocycles. The van der Waals surface area contributed by atoms with Crippen LogP contribution >= 0.6 is 22.7 Å².